The molecule has 0 aromatic heterocycles. The third-order valence-corrected chi connectivity index (χ3v) is 2.21. The molecule has 1 amide bonds. The number of rotatable bonds is 3. The molecule has 0 aliphatic rings. The van der Waals surface area contributed by atoms with Gasteiger partial charge in [0.15, 0.2) is 0 Å². The van der Waals surface area contributed by atoms with E-state index in [-0.39, 0.29) is 6.54 Å². The zero-order chi connectivity index (χ0) is 14.0. The molecule has 0 saturated heterocycles. The van der Waals surface area contributed by atoms with Crippen LogP contribution in [0.3, 0.4) is 0 Å². The molecular weight excluding hydrogens is 257 g/mol. The number of halogens is 5. The van der Waals surface area contributed by atoms with Gasteiger partial charge in [-0.2, -0.15) is 22.0 Å². The van der Waals surface area contributed by atoms with Crippen molar-refractivity contribution in [1.82, 2.24) is 5.32 Å². The fourth-order valence-electron chi connectivity index (χ4n) is 1.13. The Morgan fingerprint density at radius 3 is 2.06 bits per heavy atom. The van der Waals surface area contributed by atoms with Gasteiger partial charge < -0.3 is 5.32 Å². The van der Waals surface area contributed by atoms with E-state index in [4.69, 9.17) is 0 Å². The normalized spacial score (nSPS) is 12.3. The van der Waals surface area contributed by atoms with Crippen molar-refractivity contribution in [2.75, 3.05) is 0 Å². The van der Waals surface area contributed by atoms with Gasteiger partial charge in [-0.1, -0.05) is 29.8 Å². The topological polar surface area (TPSA) is 29.1 Å². The Bertz CT molecular complexity index is 424. The number of aryl methyl sites for hydroxylation is 1. The second-order valence-corrected chi connectivity index (χ2v) is 3.74. The molecule has 0 aliphatic heterocycles. The molecule has 0 unspecified atom stereocenters. The minimum absolute atomic E-state index is 0.384. The molecule has 0 aliphatic carbocycles. The van der Waals surface area contributed by atoms with E-state index in [1.54, 1.807) is 24.4 Å². The van der Waals surface area contributed by atoms with Gasteiger partial charge in [-0.3, -0.25) is 4.79 Å². The fraction of sp³-hybridized carbons (Fsp3) is 0.364. The summed E-state index contributed by atoms with van der Waals surface area (Å²) in [6.07, 6.45) is -5.88. The molecule has 0 heterocycles. The van der Waals surface area contributed by atoms with Crippen molar-refractivity contribution in [2.24, 2.45) is 0 Å². The summed E-state index contributed by atoms with van der Waals surface area (Å²) in [4.78, 5) is 10.8. The van der Waals surface area contributed by atoms with Crippen LogP contribution in [0.4, 0.5) is 22.0 Å². The lowest BCUT2D eigenvalue weighted by molar-refractivity contribution is -0.269. The maximum atomic E-state index is 12.6. The van der Waals surface area contributed by atoms with Crippen LogP contribution in [0.1, 0.15) is 11.1 Å². The third-order valence-electron chi connectivity index (χ3n) is 2.21. The summed E-state index contributed by atoms with van der Waals surface area (Å²) in [7, 11) is 0. The number of hydrogen-bond donors (Lipinski definition) is 1. The van der Waals surface area contributed by atoms with Crippen molar-refractivity contribution < 1.29 is 26.7 Å². The molecule has 1 aromatic rings. The van der Waals surface area contributed by atoms with Gasteiger partial charge in [0.25, 0.3) is 0 Å². The first-order valence-electron chi connectivity index (χ1n) is 4.93. The van der Waals surface area contributed by atoms with Gasteiger partial charge in [-0.15, -0.1) is 0 Å². The number of nitrogens with one attached hydrogen (secondary N) is 1. The highest BCUT2D eigenvalue weighted by atomic mass is 19.4. The monoisotopic (exact) mass is 267 g/mol. The average Bonchev–Trinajstić information content (AvgIpc) is 2.26. The molecule has 1 rings (SSSR count). The smallest absolute Gasteiger partial charge is 0.346 e. The van der Waals surface area contributed by atoms with E-state index in [2.05, 4.69) is 0 Å². The lowest BCUT2D eigenvalue weighted by atomic mass is 10.1. The highest BCUT2D eigenvalue weighted by Crippen LogP contribution is 2.35. The predicted molar refractivity (Wildman–Crippen MR) is 54.0 cm³/mol. The highest BCUT2D eigenvalue weighted by Gasteiger charge is 2.63. The number of carbonyl (C=O) groups is 1. The second-order valence-electron chi connectivity index (χ2n) is 3.74. The van der Waals surface area contributed by atoms with E-state index < -0.39 is 18.0 Å². The van der Waals surface area contributed by atoms with Crippen molar-refractivity contribution >= 4 is 5.91 Å². The molecule has 0 spiro atoms. The van der Waals surface area contributed by atoms with E-state index in [1.807, 2.05) is 0 Å². The van der Waals surface area contributed by atoms with Crippen LogP contribution >= 0.6 is 0 Å². The Balaban J connectivity index is 2.64. The van der Waals surface area contributed by atoms with Gasteiger partial charge in [0.2, 0.25) is 0 Å². The van der Waals surface area contributed by atoms with Crippen LogP contribution in [0.25, 0.3) is 0 Å². The maximum Gasteiger partial charge on any atom is 0.463 e. The van der Waals surface area contributed by atoms with Gasteiger partial charge in [0.1, 0.15) is 0 Å². The number of carbonyl (C=O) groups excluding carboxylic acids is 1. The Kier molecular flexibility index (Phi) is 3.93. The van der Waals surface area contributed by atoms with Crippen LogP contribution in [0.2, 0.25) is 0 Å². The number of benzene rings is 1. The first-order valence-corrected chi connectivity index (χ1v) is 4.93. The molecular formula is C11H10F5NO. The van der Waals surface area contributed by atoms with Crippen molar-refractivity contribution in [1.29, 1.82) is 0 Å². The second kappa shape index (κ2) is 4.91. The molecule has 0 bridgehead atoms. The van der Waals surface area contributed by atoms with Crippen LogP contribution in [0, 0.1) is 6.92 Å². The summed E-state index contributed by atoms with van der Waals surface area (Å²) < 4.78 is 60.7. The van der Waals surface area contributed by atoms with Crippen LogP contribution in [0.15, 0.2) is 24.3 Å². The fourth-order valence-corrected chi connectivity index (χ4v) is 1.13. The van der Waals surface area contributed by atoms with Crippen LogP contribution < -0.4 is 5.32 Å². The molecule has 0 radical (unpaired) electrons. The molecule has 0 saturated carbocycles. The summed E-state index contributed by atoms with van der Waals surface area (Å²) in [5.41, 5.74) is 1.35. The highest BCUT2D eigenvalue weighted by molar-refractivity contribution is 5.84. The Morgan fingerprint density at radius 1 is 1.11 bits per heavy atom. The minimum atomic E-state index is -5.88. The molecule has 1 aromatic carbocycles. The molecule has 1 N–H and O–H groups in total. The number of hydrogen-bond acceptors (Lipinski definition) is 1. The van der Waals surface area contributed by atoms with Crippen molar-refractivity contribution in [3.63, 3.8) is 0 Å². The van der Waals surface area contributed by atoms with E-state index in [1.165, 1.54) is 12.1 Å². The summed E-state index contributed by atoms with van der Waals surface area (Å²) >= 11 is 0. The molecule has 0 atom stereocenters. The molecule has 0 fully saturated rings. The number of amides is 1. The quantitative estimate of drug-likeness (QED) is 0.838. The number of alkyl halides is 5. The van der Waals surface area contributed by atoms with Gasteiger partial charge in [0.05, 0.1) is 0 Å². The van der Waals surface area contributed by atoms with Crippen LogP contribution in [0.5, 0.6) is 0 Å². The van der Waals surface area contributed by atoms with Crippen molar-refractivity contribution in [2.45, 2.75) is 25.6 Å². The van der Waals surface area contributed by atoms with E-state index in [0.717, 1.165) is 5.56 Å². The predicted octanol–water partition coefficient (Wildman–Crippen LogP) is 2.81. The third kappa shape index (κ3) is 3.18. The molecule has 7 heteroatoms. The summed E-state index contributed by atoms with van der Waals surface area (Å²) in [5.74, 6) is -7.73. The van der Waals surface area contributed by atoms with Crippen molar-refractivity contribution in [3.05, 3.63) is 35.4 Å². The largest absolute Gasteiger partial charge is 0.463 e. The zero-order valence-electron chi connectivity index (χ0n) is 9.31. The summed E-state index contributed by atoms with van der Waals surface area (Å²) in [6, 6.07) is 6.37. The van der Waals surface area contributed by atoms with Crippen molar-refractivity contribution in [3.8, 4) is 0 Å². The molecule has 18 heavy (non-hydrogen) atoms. The Morgan fingerprint density at radius 2 is 1.61 bits per heavy atom. The molecule has 2 nitrogen and oxygen atoms in total. The van der Waals surface area contributed by atoms with Gasteiger partial charge >= 0.3 is 18.0 Å². The van der Waals surface area contributed by atoms with E-state index in [0.29, 0.717) is 5.56 Å². The molecule has 100 valence electrons. The summed E-state index contributed by atoms with van der Waals surface area (Å²) in [5, 5.41) is 1.56. The lowest BCUT2D eigenvalue weighted by Gasteiger charge is -2.18. The van der Waals surface area contributed by atoms with Crippen LogP contribution in [-0.2, 0) is 11.3 Å². The first kappa shape index (κ1) is 14.4. The Labute approximate surface area is 99.8 Å². The first-order chi connectivity index (χ1) is 8.14. The summed E-state index contributed by atoms with van der Waals surface area (Å²) in [6.45, 7) is 1.41. The van der Waals surface area contributed by atoms with E-state index >= 15 is 0 Å². The van der Waals surface area contributed by atoms with Crippen LogP contribution in [-0.4, -0.2) is 18.0 Å². The zero-order valence-corrected chi connectivity index (χ0v) is 9.31. The van der Waals surface area contributed by atoms with Gasteiger partial charge in [-0.25, -0.2) is 0 Å². The van der Waals surface area contributed by atoms with Gasteiger partial charge in [-0.05, 0) is 12.5 Å². The minimum Gasteiger partial charge on any atom is -0.346 e. The SMILES string of the molecule is Cc1ccc(CNC(=O)C(F)(F)C(F)(F)F)cc1. The maximum absolute atomic E-state index is 12.6. The van der Waals surface area contributed by atoms with Gasteiger partial charge in [0, 0.05) is 6.54 Å². The Hall–Kier alpha value is -1.66. The lowest BCUT2D eigenvalue weighted by Crippen LogP contribution is -2.50. The standard InChI is InChI=1S/C11H10F5NO/c1-7-2-4-8(5-3-7)6-17-9(18)10(12,13)11(14,15)16/h2-5H,6H2,1H3,(H,17,18). The van der Waals surface area contributed by atoms with E-state index in [9.17, 15) is 26.7 Å². The average molecular weight is 267 g/mol.